The molecule has 0 bridgehead atoms. The summed E-state index contributed by atoms with van der Waals surface area (Å²) in [5, 5.41) is 10.9. The molecule has 2 N–H and O–H groups in total. The van der Waals surface area contributed by atoms with Crippen molar-refractivity contribution in [3.05, 3.63) is 63.7 Å². The number of nitrogens with zero attached hydrogens (tertiary/aromatic N) is 2. The van der Waals surface area contributed by atoms with Crippen LogP contribution in [0.3, 0.4) is 0 Å². The lowest BCUT2D eigenvalue weighted by atomic mass is 10.0. The van der Waals surface area contributed by atoms with E-state index in [1.54, 1.807) is 12.1 Å². The zero-order valence-corrected chi connectivity index (χ0v) is 13.7. The highest BCUT2D eigenvalue weighted by Gasteiger charge is 2.30. The second kappa shape index (κ2) is 6.21. The SMILES string of the molecule is NCc1ccc2c(c1)CCCN2S(=O)(=O)c1cccc([N+](=O)[O-])c1. The van der Waals surface area contributed by atoms with Crippen LogP contribution in [0, 0.1) is 10.1 Å². The van der Waals surface area contributed by atoms with Gasteiger partial charge in [0.25, 0.3) is 15.7 Å². The molecule has 1 aliphatic heterocycles. The van der Waals surface area contributed by atoms with Crippen molar-refractivity contribution in [3.63, 3.8) is 0 Å². The first-order valence-corrected chi connectivity index (χ1v) is 8.96. The number of sulfonamides is 1. The van der Waals surface area contributed by atoms with Gasteiger partial charge in [-0.1, -0.05) is 18.2 Å². The first kappa shape index (κ1) is 16.4. The van der Waals surface area contributed by atoms with Gasteiger partial charge in [0.15, 0.2) is 0 Å². The van der Waals surface area contributed by atoms with Gasteiger partial charge in [-0.25, -0.2) is 8.42 Å². The smallest absolute Gasteiger partial charge is 0.270 e. The Hall–Kier alpha value is -2.45. The van der Waals surface area contributed by atoms with Crippen molar-refractivity contribution in [2.45, 2.75) is 24.3 Å². The number of anilines is 1. The Morgan fingerprint density at radius 1 is 1.21 bits per heavy atom. The van der Waals surface area contributed by atoms with Gasteiger partial charge in [-0.3, -0.25) is 14.4 Å². The summed E-state index contributed by atoms with van der Waals surface area (Å²) in [6.45, 7) is 0.741. The summed E-state index contributed by atoms with van der Waals surface area (Å²) in [5.41, 5.74) is 7.89. The summed E-state index contributed by atoms with van der Waals surface area (Å²) in [5.74, 6) is 0. The lowest BCUT2D eigenvalue weighted by Gasteiger charge is -2.30. The Morgan fingerprint density at radius 2 is 2.00 bits per heavy atom. The molecule has 0 fully saturated rings. The number of nitro benzene ring substituents is 1. The van der Waals surface area contributed by atoms with Crippen molar-refractivity contribution in [1.29, 1.82) is 0 Å². The normalized spacial score (nSPS) is 14.3. The van der Waals surface area contributed by atoms with Gasteiger partial charge >= 0.3 is 0 Å². The molecule has 3 rings (SSSR count). The number of nitrogens with two attached hydrogens (primary N) is 1. The van der Waals surface area contributed by atoms with Crippen LogP contribution in [0.25, 0.3) is 0 Å². The molecule has 0 saturated heterocycles. The van der Waals surface area contributed by atoms with E-state index in [-0.39, 0.29) is 10.6 Å². The van der Waals surface area contributed by atoms with Gasteiger partial charge < -0.3 is 5.73 Å². The van der Waals surface area contributed by atoms with Gasteiger partial charge in [0.1, 0.15) is 0 Å². The number of non-ortho nitro benzene ring substituents is 1. The van der Waals surface area contributed by atoms with Crippen LogP contribution < -0.4 is 10.0 Å². The summed E-state index contributed by atoms with van der Waals surface area (Å²) in [4.78, 5) is 10.2. The standard InChI is InChI=1S/C16H17N3O4S/c17-11-12-6-7-16-13(9-12)3-2-8-18(16)24(22,23)15-5-1-4-14(10-15)19(20)21/h1,4-7,9-10H,2-3,8,11,17H2. The quantitative estimate of drug-likeness (QED) is 0.674. The molecule has 7 nitrogen and oxygen atoms in total. The lowest BCUT2D eigenvalue weighted by Crippen LogP contribution is -2.35. The zero-order chi connectivity index (χ0) is 17.3. The third-order valence-corrected chi connectivity index (χ3v) is 5.88. The molecule has 0 aromatic heterocycles. The number of rotatable bonds is 4. The van der Waals surface area contributed by atoms with E-state index < -0.39 is 14.9 Å². The largest absolute Gasteiger partial charge is 0.326 e. The lowest BCUT2D eigenvalue weighted by molar-refractivity contribution is -0.385. The summed E-state index contributed by atoms with van der Waals surface area (Å²) in [6.07, 6.45) is 1.47. The van der Waals surface area contributed by atoms with Gasteiger partial charge in [0, 0.05) is 25.2 Å². The first-order valence-electron chi connectivity index (χ1n) is 7.52. The minimum Gasteiger partial charge on any atom is -0.326 e. The highest BCUT2D eigenvalue weighted by molar-refractivity contribution is 7.92. The van der Waals surface area contributed by atoms with Gasteiger partial charge in [-0.05, 0) is 36.1 Å². The van der Waals surface area contributed by atoms with E-state index in [2.05, 4.69) is 0 Å². The van der Waals surface area contributed by atoms with Gasteiger partial charge in [0.2, 0.25) is 0 Å². The Bertz CT molecular complexity index is 896. The van der Waals surface area contributed by atoms with Crippen LogP contribution in [-0.4, -0.2) is 19.9 Å². The van der Waals surface area contributed by atoms with Crippen LogP contribution >= 0.6 is 0 Å². The van der Waals surface area contributed by atoms with Crippen molar-refractivity contribution < 1.29 is 13.3 Å². The summed E-state index contributed by atoms with van der Waals surface area (Å²) in [7, 11) is -3.85. The fourth-order valence-electron chi connectivity index (χ4n) is 2.88. The van der Waals surface area contributed by atoms with E-state index in [0.717, 1.165) is 23.6 Å². The molecular formula is C16H17N3O4S. The van der Waals surface area contributed by atoms with E-state index in [1.165, 1.54) is 22.5 Å². The van der Waals surface area contributed by atoms with E-state index in [9.17, 15) is 18.5 Å². The van der Waals surface area contributed by atoms with Crippen molar-refractivity contribution in [2.24, 2.45) is 5.73 Å². The van der Waals surface area contributed by atoms with Crippen LogP contribution in [-0.2, 0) is 23.0 Å². The molecule has 0 atom stereocenters. The van der Waals surface area contributed by atoms with E-state index in [1.807, 2.05) is 6.07 Å². The fourth-order valence-corrected chi connectivity index (χ4v) is 4.46. The van der Waals surface area contributed by atoms with E-state index >= 15 is 0 Å². The van der Waals surface area contributed by atoms with Crippen LogP contribution in [0.15, 0.2) is 47.4 Å². The van der Waals surface area contributed by atoms with Crippen molar-refractivity contribution >= 4 is 21.4 Å². The molecule has 2 aromatic carbocycles. The molecule has 24 heavy (non-hydrogen) atoms. The van der Waals surface area contributed by atoms with Gasteiger partial charge in [-0.2, -0.15) is 0 Å². The Morgan fingerprint density at radius 3 is 2.71 bits per heavy atom. The molecule has 2 aromatic rings. The van der Waals surface area contributed by atoms with E-state index in [0.29, 0.717) is 25.2 Å². The predicted molar refractivity (Wildman–Crippen MR) is 90.3 cm³/mol. The van der Waals surface area contributed by atoms with E-state index in [4.69, 9.17) is 5.73 Å². The Labute approximate surface area is 139 Å². The molecule has 1 heterocycles. The minimum absolute atomic E-state index is 0.0764. The molecule has 0 amide bonds. The molecule has 0 aliphatic carbocycles. The summed E-state index contributed by atoms with van der Waals surface area (Å²) in [6, 6.07) is 10.6. The van der Waals surface area contributed by atoms with Crippen LogP contribution in [0.5, 0.6) is 0 Å². The van der Waals surface area contributed by atoms with Crippen molar-refractivity contribution in [3.8, 4) is 0 Å². The second-order valence-corrected chi connectivity index (χ2v) is 7.46. The number of benzene rings is 2. The molecule has 0 unspecified atom stereocenters. The Balaban J connectivity index is 2.06. The highest BCUT2D eigenvalue weighted by atomic mass is 32.2. The average molecular weight is 347 g/mol. The number of nitro groups is 1. The highest BCUT2D eigenvalue weighted by Crippen LogP contribution is 2.33. The number of aryl methyl sites for hydroxylation is 1. The predicted octanol–water partition coefficient (Wildman–Crippen LogP) is 2.20. The van der Waals surface area contributed by atoms with Crippen molar-refractivity contribution in [2.75, 3.05) is 10.8 Å². The molecule has 1 aliphatic rings. The molecule has 8 heteroatoms. The molecular weight excluding hydrogens is 330 g/mol. The van der Waals surface area contributed by atoms with Crippen LogP contribution in [0.2, 0.25) is 0 Å². The molecule has 0 radical (unpaired) electrons. The van der Waals surface area contributed by atoms with Crippen LogP contribution in [0.4, 0.5) is 11.4 Å². The Kier molecular flexibility index (Phi) is 4.25. The average Bonchev–Trinajstić information content (AvgIpc) is 2.60. The zero-order valence-electron chi connectivity index (χ0n) is 12.9. The maximum atomic E-state index is 13.0. The fraction of sp³-hybridized carbons (Fsp3) is 0.250. The maximum absolute atomic E-state index is 13.0. The molecule has 0 spiro atoms. The first-order chi connectivity index (χ1) is 11.4. The second-order valence-electron chi connectivity index (χ2n) is 5.60. The summed E-state index contributed by atoms with van der Waals surface area (Å²) < 4.78 is 27.2. The van der Waals surface area contributed by atoms with Gasteiger partial charge in [-0.15, -0.1) is 0 Å². The molecule has 0 saturated carbocycles. The maximum Gasteiger partial charge on any atom is 0.270 e. The number of hydrogen-bond donors (Lipinski definition) is 1. The number of fused-ring (bicyclic) bond motifs is 1. The van der Waals surface area contributed by atoms with Crippen molar-refractivity contribution in [1.82, 2.24) is 0 Å². The summed E-state index contributed by atoms with van der Waals surface area (Å²) >= 11 is 0. The van der Waals surface area contributed by atoms with Crippen LogP contribution in [0.1, 0.15) is 17.5 Å². The monoisotopic (exact) mass is 347 g/mol. The van der Waals surface area contributed by atoms with Gasteiger partial charge in [0.05, 0.1) is 15.5 Å². The number of hydrogen-bond acceptors (Lipinski definition) is 5. The molecule has 126 valence electrons. The third kappa shape index (κ3) is 2.85. The topological polar surface area (TPSA) is 107 Å². The third-order valence-electron chi connectivity index (χ3n) is 4.07. The minimum atomic E-state index is -3.85.